The first-order valence-electron chi connectivity index (χ1n) is 6.48. The molecular weight excluding hydrogens is 269 g/mol. The Hall–Kier alpha value is -0.280. The molecule has 1 aliphatic rings. The van der Waals surface area contributed by atoms with Crippen LogP contribution >= 0.6 is 23.2 Å². The number of rotatable bonds is 5. The van der Waals surface area contributed by atoms with Crippen LogP contribution in [-0.2, 0) is 11.2 Å². The predicted octanol–water partition coefficient (Wildman–Crippen LogP) is 3.55. The molecule has 1 atom stereocenters. The molecule has 0 aliphatic carbocycles. The van der Waals surface area contributed by atoms with Crippen molar-refractivity contribution in [2.24, 2.45) is 5.92 Å². The normalized spacial score (nSPS) is 20.0. The van der Waals surface area contributed by atoms with E-state index in [-0.39, 0.29) is 0 Å². The third kappa shape index (κ3) is 4.43. The van der Waals surface area contributed by atoms with Crippen LogP contribution in [0.25, 0.3) is 0 Å². The fraction of sp³-hybridized carbons (Fsp3) is 0.571. The van der Waals surface area contributed by atoms with E-state index in [1.54, 1.807) is 6.07 Å². The van der Waals surface area contributed by atoms with E-state index in [0.717, 1.165) is 43.3 Å². The fourth-order valence-corrected chi connectivity index (χ4v) is 2.73. The summed E-state index contributed by atoms with van der Waals surface area (Å²) in [7, 11) is 0. The first kappa shape index (κ1) is 14.1. The largest absolute Gasteiger partial charge is 0.381 e. The van der Waals surface area contributed by atoms with Crippen molar-refractivity contribution >= 4 is 23.2 Å². The van der Waals surface area contributed by atoms with Crippen LogP contribution < -0.4 is 5.32 Å². The van der Waals surface area contributed by atoms with Gasteiger partial charge in [0.05, 0.1) is 6.61 Å². The molecule has 100 valence electrons. The zero-order chi connectivity index (χ0) is 12.8. The molecule has 1 heterocycles. The lowest BCUT2D eigenvalue weighted by molar-refractivity contribution is 0.0550. The van der Waals surface area contributed by atoms with Crippen LogP contribution in [0.15, 0.2) is 18.2 Å². The molecule has 0 saturated carbocycles. The standard InChI is InChI=1S/C14H19Cl2NO/c15-13-4-3-12(14(16)8-13)5-6-17-9-11-2-1-7-18-10-11/h3-4,8,11,17H,1-2,5-7,9-10H2. The Morgan fingerprint density at radius 2 is 2.22 bits per heavy atom. The minimum Gasteiger partial charge on any atom is -0.381 e. The van der Waals surface area contributed by atoms with Gasteiger partial charge in [-0.1, -0.05) is 29.3 Å². The van der Waals surface area contributed by atoms with Gasteiger partial charge in [-0.05, 0) is 49.4 Å². The van der Waals surface area contributed by atoms with Gasteiger partial charge in [-0.25, -0.2) is 0 Å². The lowest BCUT2D eigenvalue weighted by atomic mass is 10.0. The van der Waals surface area contributed by atoms with Crippen LogP contribution in [0, 0.1) is 5.92 Å². The molecule has 1 saturated heterocycles. The molecule has 2 nitrogen and oxygen atoms in total. The fourth-order valence-electron chi connectivity index (χ4n) is 2.22. The lowest BCUT2D eigenvalue weighted by Gasteiger charge is -2.22. The summed E-state index contributed by atoms with van der Waals surface area (Å²) in [6.45, 7) is 3.80. The van der Waals surface area contributed by atoms with E-state index in [1.165, 1.54) is 12.8 Å². The summed E-state index contributed by atoms with van der Waals surface area (Å²) in [6.07, 6.45) is 3.40. The summed E-state index contributed by atoms with van der Waals surface area (Å²) in [5.74, 6) is 0.666. The van der Waals surface area contributed by atoms with Crippen LogP contribution in [0.1, 0.15) is 18.4 Å². The predicted molar refractivity (Wildman–Crippen MR) is 76.6 cm³/mol. The van der Waals surface area contributed by atoms with Crippen molar-refractivity contribution in [3.05, 3.63) is 33.8 Å². The average Bonchev–Trinajstić information content (AvgIpc) is 2.38. The molecule has 1 aliphatic heterocycles. The third-order valence-corrected chi connectivity index (χ3v) is 3.86. The molecule has 0 spiro atoms. The van der Waals surface area contributed by atoms with Crippen LogP contribution in [0.4, 0.5) is 0 Å². The maximum atomic E-state index is 6.12. The molecular formula is C14H19Cl2NO. The van der Waals surface area contributed by atoms with Gasteiger partial charge >= 0.3 is 0 Å². The number of ether oxygens (including phenoxy) is 1. The van der Waals surface area contributed by atoms with Gasteiger partial charge in [-0.15, -0.1) is 0 Å². The summed E-state index contributed by atoms with van der Waals surface area (Å²) in [4.78, 5) is 0. The Morgan fingerprint density at radius 3 is 2.94 bits per heavy atom. The van der Waals surface area contributed by atoms with Gasteiger partial charge in [0.25, 0.3) is 0 Å². The van der Waals surface area contributed by atoms with E-state index in [1.807, 2.05) is 12.1 Å². The van der Waals surface area contributed by atoms with E-state index in [0.29, 0.717) is 10.9 Å². The van der Waals surface area contributed by atoms with Gasteiger partial charge in [0, 0.05) is 23.2 Å². The zero-order valence-corrected chi connectivity index (χ0v) is 11.9. The minimum atomic E-state index is 0.666. The first-order valence-corrected chi connectivity index (χ1v) is 7.23. The average molecular weight is 288 g/mol. The van der Waals surface area contributed by atoms with Crippen molar-refractivity contribution in [1.82, 2.24) is 5.32 Å². The third-order valence-electron chi connectivity index (χ3n) is 3.27. The van der Waals surface area contributed by atoms with Gasteiger partial charge in [0.1, 0.15) is 0 Å². The highest BCUT2D eigenvalue weighted by atomic mass is 35.5. The van der Waals surface area contributed by atoms with E-state index in [4.69, 9.17) is 27.9 Å². The Bertz CT molecular complexity index is 378. The molecule has 1 fully saturated rings. The number of benzene rings is 1. The van der Waals surface area contributed by atoms with Crippen LogP contribution in [0.5, 0.6) is 0 Å². The van der Waals surface area contributed by atoms with Gasteiger partial charge in [0.15, 0.2) is 0 Å². The molecule has 1 aromatic rings. The Labute approximate surface area is 119 Å². The lowest BCUT2D eigenvalue weighted by Crippen LogP contribution is -2.30. The van der Waals surface area contributed by atoms with Gasteiger partial charge in [-0.3, -0.25) is 0 Å². The second-order valence-electron chi connectivity index (χ2n) is 4.77. The number of halogens is 2. The summed E-state index contributed by atoms with van der Waals surface area (Å²) >= 11 is 12.0. The molecule has 1 aromatic carbocycles. The van der Waals surface area contributed by atoms with Crippen LogP contribution in [0.2, 0.25) is 10.0 Å². The molecule has 1 N–H and O–H groups in total. The quantitative estimate of drug-likeness (QED) is 0.837. The maximum Gasteiger partial charge on any atom is 0.0506 e. The topological polar surface area (TPSA) is 21.3 Å². The molecule has 0 aromatic heterocycles. The zero-order valence-electron chi connectivity index (χ0n) is 10.4. The van der Waals surface area contributed by atoms with Crippen LogP contribution in [0.3, 0.4) is 0 Å². The van der Waals surface area contributed by atoms with Crippen molar-refractivity contribution < 1.29 is 4.74 Å². The first-order chi connectivity index (χ1) is 8.75. The van der Waals surface area contributed by atoms with Crippen molar-refractivity contribution in [3.8, 4) is 0 Å². The summed E-state index contributed by atoms with van der Waals surface area (Å²) in [6, 6.07) is 5.68. The maximum absolute atomic E-state index is 6.12. The van der Waals surface area contributed by atoms with Crippen molar-refractivity contribution in [2.45, 2.75) is 19.3 Å². The Balaban J connectivity index is 1.68. The highest BCUT2D eigenvalue weighted by Crippen LogP contribution is 2.21. The highest BCUT2D eigenvalue weighted by molar-refractivity contribution is 6.35. The highest BCUT2D eigenvalue weighted by Gasteiger charge is 2.12. The molecule has 0 radical (unpaired) electrons. The molecule has 0 bridgehead atoms. The van der Waals surface area contributed by atoms with E-state index >= 15 is 0 Å². The molecule has 2 rings (SSSR count). The molecule has 4 heteroatoms. The van der Waals surface area contributed by atoms with Gasteiger partial charge in [0.2, 0.25) is 0 Å². The smallest absolute Gasteiger partial charge is 0.0506 e. The molecule has 0 amide bonds. The van der Waals surface area contributed by atoms with Crippen molar-refractivity contribution in [1.29, 1.82) is 0 Å². The Morgan fingerprint density at radius 1 is 1.33 bits per heavy atom. The number of nitrogens with one attached hydrogen (secondary N) is 1. The number of hydrogen-bond acceptors (Lipinski definition) is 2. The SMILES string of the molecule is Clc1ccc(CCNCC2CCCOC2)c(Cl)c1. The van der Waals surface area contributed by atoms with Crippen LogP contribution in [-0.4, -0.2) is 26.3 Å². The van der Waals surface area contributed by atoms with Gasteiger partial charge in [-0.2, -0.15) is 0 Å². The van der Waals surface area contributed by atoms with E-state index in [9.17, 15) is 0 Å². The Kier molecular flexibility index (Phi) is 5.77. The van der Waals surface area contributed by atoms with Gasteiger partial charge < -0.3 is 10.1 Å². The van der Waals surface area contributed by atoms with Crippen molar-refractivity contribution in [3.63, 3.8) is 0 Å². The van der Waals surface area contributed by atoms with E-state index < -0.39 is 0 Å². The summed E-state index contributed by atoms with van der Waals surface area (Å²) in [5.41, 5.74) is 1.15. The van der Waals surface area contributed by atoms with Crippen molar-refractivity contribution in [2.75, 3.05) is 26.3 Å². The summed E-state index contributed by atoms with van der Waals surface area (Å²) < 4.78 is 5.45. The molecule has 1 unspecified atom stereocenters. The monoisotopic (exact) mass is 287 g/mol. The second-order valence-corrected chi connectivity index (χ2v) is 5.62. The van der Waals surface area contributed by atoms with E-state index in [2.05, 4.69) is 5.32 Å². The summed E-state index contributed by atoms with van der Waals surface area (Å²) in [5, 5.41) is 4.92. The minimum absolute atomic E-state index is 0.666. The molecule has 18 heavy (non-hydrogen) atoms. The number of hydrogen-bond donors (Lipinski definition) is 1. The second kappa shape index (κ2) is 7.34.